The Balaban J connectivity index is 1.72. The van der Waals surface area contributed by atoms with Gasteiger partial charge in [-0.1, -0.05) is 23.2 Å². The van der Waals surface area contributed by atoms with E-state index < -0.39 is 0 Å². The zero-order chi connectivity index (χ0) is 17.1. The molecule has 0 aliphatic carbocycles. The highest BCUT2D eigenvalue weighted by Gasteiger charge is 2.32. The summed E-state index contributed by atoms with van der Waals surface area (Å²) in [6, 6.07) is 5.57. The molecule has 0 bridgehead atoms. The summed E-state index contributed by atoms with van der Waals surface area (Å²) < 4.78 is 0. The summed E-state index contributed by atoms with van der Waals surface area (Å²) in [7, 11) is 0. The Hall–Kier alpha value is -1.10. The lowest BCUT2D eigenvalue weighted by Gasteiger charge is -2.38. The van der Waals surface area contributed by atoms with Gasteiger partial charge >= 0.3 is 0 Å². The summed E-state index contributed by atoms with van der Waals surface area (Å²) in [6.45, 7) is 6.85. The number of amides is 1. The summed E-state index contributed by atoms with van der Waals surface area (Å²) in [5, 5.41) is 10.2. The summed E-state index contributed by atoms with van der Waals surface area (Å²) in [4.78, 5) is 17.4. The van der Waals surface area contributed by atoms with Crippen LogP contribution in [0.1, 0.15) is 35.2 Å². The van der Waals surface area contributed by atoms with Crippen molar-refractivity contribution in [2.24, 2.45) is 11.8 Å². The van der Waals surface area contributed by atoms with Crippen LogP contribution in [0.15, 0.2) is 18.2 Å². The van der Waals surface area contributed by atoms with Gasteiger partial charge in [0.1, 0.15) is 0 Å². The van der Waals surface area contributed by atoms with Gasteiger partial charge in [0.05, 0.1) is 10.6 Å². The van der Waals surface area contributed by atoms with Gasteiger partial charge in [-0.2, -0.15) is 0 Å². The van der Waals surface area contributed by atoms with Gasteiger partial charge in [-0.3, -0.25) is 4.79 Å². The van der Waals surface area contributed by atoms with E-state index in [1.807, 2.05) is 24.0 Å². The molecule has 0 spiro atoms. The fraction of sp³-hybridized carbons (Fsp3) is 0.632. The number of carbonyl (C=O) groups excluding carboxylic acids is 1. The summed E-state index contributed by atoms with van der Waals surface area (Å²) >= 11 is 6.25. The van der Waals surface area contributed by atoms with Gasteiger partial charge in [-0.25, -0.2) is 0 Å². The first-order valence-electron chi connectivity index (χ1n) is 8.95. The van der Waals surface area contributed by atoms with Gasteiger partial charge < -0.3 is 14.9 Å². The number of rotatable bonds is 4. The Morgan fingerprint density at radius 2 is 1.96 bits per heavy atom. The van der Waals surface area contributed by atoms with Crippen LogP contribution in [0.2, 0.25) is 5.02 Å². The molecule has 1 aromatic carbocycles. The van der Waals surface area contributed by atoms with Crippen LogP contribution in [-0.2, 0) is 0 Å². The summed E-state index contributed by atoms with van der Waals surface area (Å²) in [6.07, 6.45) is 3.55. The average molecular weight is 351 g/mol. The van der Waals surface area contributed by atoms with Gasteiger partial charge in [0.2, 0.25) is 0 Å². The fourth-order valence-corrected chi connectivity index (χ4v) is 4.25. The molecule has 24 heavy (non-hydrogen) atoms. The van der Waals surface area contributed by atoms with Crippen molar-refractivity contribution in [1.29, 1.82) is 0 Å². The molecule has 2 atom stereocenters. The number of benzene rings is 1. The predicted molar refractivity (Wildman–Crippen MR) is 96.4 cm³/mol. The molecule has 0 aromatic heterocycles. The average Bonchev–Trinajstić information content (AvgIpc) is 3.09. The molecule has 0 unspecified atom stereocenters. The number of hydrogen-bond acceptors (Lipinski definition) is 3. The first-order valence-corrected chi connectivity index (χ1v) is 9.33. The second-order valence-electron chi connectivity index (χ2n) is 7.35. The molecule has 4 nitrogen and oxygen atoms in total. The number of nitrogens with zero attached hydrogens (tertiary/aromatic N) is 2. The first kappa shape index (κ1) is 17.7. The number of hydrogen-bond donors (Lipinski definition) is 1. The van der Waals surface area contributed by atoms with E-state index in [1.54, 1.807) is 6.07 Å². The monoisotopic (exact) mass is 350 g/mol. The Kier molecular flexibility index (Phi) is 5.80. The van der Waals surface area contributed by atoms with Crippen LogP contribution >= 0.6 is 11.6 Å². The lowest BCUT2D eigenvalue weighted by Crippen LogP contribution is -2.47. The second kappa shape index (κ2) is 7.85. The van der Waals surface area contributed by atoms with Crippen LogP contribution in [0.25, 0.3) is 0 Å². The van der Waals surface area contributed by atoms with Gasteiger partial charge in [0, 0.05) is 26.2 Å². The maximum atomic E-state index is 13.0. The van der Waals surface area contributed by atoms with Gasteiger partial charge in [-0.15, -0.1) is 0 Å². The Labute approximate surface area is 149 Å². The van der Waals surface area contributed by atoms with Crippen molar-refractivity contribution in [1.82, 2.24) is 9.80 Å². The molecule has 0 saturated carbocycles. The topological polar surface area (TPSA) is 43.8 Å². The standard InChI is InChI=1S/C19H27ClN2O2/c1-14-4-5-18(20)17(8-14)19(24)22-11-15(9-16(12-22)13-23)10-21-6-2-3-7-21/h4-5,8,15-16,23H,2-3,6-7,9-13H2,1H3/t15-,16-/m1/s1. The number of piperidine rings is 1. The van der Waals surface area contributed by atoms with E-state index >= 15 is 0 Å². The van der Waals surface area contributed by atoms with Crippen LogP contribution in [0.4, 0.5) is 0 Å². The largest absolute Gasteiger partial charge is 0.396 e. The van der Waals surface area contributed by atoms with Crippen molar-refractivity contribution >= 4 is 17.5 Å². The lowest BCUT2D eigenvalue weighted by atomic mass is 9.88. The summed E-state index contributed by atoms with van der Waals surface area (Å²) in [5.74, 6) is 0.591. The third kappa shape index (κ3) is 4.11. The van der Waals surface area contributed by atoms with Gasteiger partial charge in [-0.05, 0) is 63.2 Å². The molecule has 1 aromatic rings. The zero-order valence-electron chi connectivity index (χ0n) is 14.4. The van der Waals surface area contributed by atoms with E-state index in [9.17, 15) is 9.90 Å². The number of aliphatic hydroxyl groups excluding tert-OH is 1. The van der Waals surface area contributed by atoms with E-state index in [1.165, 1.54) is 12.8 Å². The van der Waals surface area contributed by atoms with E-state index in [4.69, 9.17) is 11.6 Å². The maximum absolute atomic E-state index is 13.0. The van der Waals surface area contributed by atoms with Crippen molar-refractivity contribution in [2.75, 3.05) is 39.3 Å². The molecule has 2 aliphatic heterocycles. The zero-order valence-corrected chi connectivity index (χ0v) is 15.1. The molecule has 2 saturated heterocycles. The van der Waals surface area contributed by atoms with E-state index in [-0.39, 0.29) is 18.4 Å². The third-order valence-electron chi connectivity index (χ3n) is 5.24. The van der Waals surface area contributed by atoms with Crippen molar-refractivity contribution in [2.45, 2.75) is 26.2 Å². The van der Waals surface area contributed by atoms with Crippen molar-refractivity contribution in [3.63, 3.8) is 0 Å². The Morgan fingerprint density at radius 1 is 1.25 bits per heavy atom. The number of likely N-dealkylation sites (tertiary alicyclic amines) is 2. The minimum atomic E-state index is -0.00623. The van der Waals surface area contributed by atoms with Crippen LogP contribution in [0, 0.1) is 18.8 Å². The molecular weight excluding hydrogens is 324 g/mol. The highest BCUT2D eigenvalue weighted by atomic mass is 35.5. The highest BCUT2D eigenvalue weighted by molar-refractivity contribution is 6.33. The van der Waals surface area contributed by atoms with Crippen molar-refractivity contribution in [3.8, 4) is 0 Å². The smallest absolute Gasteiger partial charge is 0.255 e. The second-order valence-corrected chi connectivity index (χ2v) is 7.76. The van der Waals surface area contributed by atoms with E-state index in [0.717, 1.165) is 38.2 Å². The Bertz CT molecular complexity index is 587. The molecule has 132 valence electrons. The number of aryl methyl sites for hydroxylation is 1. The number of halogens is 1. The van der Waals surface area contributed by atoms with E-state index in [0.29, 0.717) is 23.0 Å². The Morgan fingerprint density at radius 3 is 2.67 bits per heavy atom. The van der Waals surface area contributed by atoms with Crippen LogP contribution in [0.5, 0.6) is 0 Å². The molecule has 2 aliphatic rings. The fourth-order valence-electron chi connectivity index (χ4n) is 4.05. The van der Waals surface area contributed by atoms with Crippen LogP contribution in [-0.4, -0.2) is 60.1 Å². The molecule has 5 heteroatoms. The first-order chi connectivity index (χ1) is 11.6. The molecule has 3 rings (SSSR count). The molecule has 0 radical (unpaired) electrons. The van der Waals surface area contributed by atoms with Crippen molar-refractivity contribution in [3.05, 3.63) is 34.3 Å². The molecule has 1 amide bonds. The van der Waals surface area contributed by atoms with Crippen LogP contribution in [0.3, 0.4) is 0 Å². The minimum Gasteiger partial charge on any atom is -0.396 e. The molecule has 2 heterocycles. The molecule has 2 fully saturated rings. The minimum absolute atomic E-state index is 0.00623. The van der Waals surface area contributed by atoms with Crippen LogP contribution < -0.4 is 0 Å². The van der Waals surface area contributed by atoms with E-state index in [2.05, 4.69) is 4.90 Å². The molecule has 1 N–H and O–H groups in total. The van der Waals surface area contributed by atoms with Gasteiger partial charge in [0.15, 0.2) is 0 Å². The number of aliphatic hydroxyl groups is 1. The maximum Gasteiger partial charge on any atom is 0.255 e. The van der Waals surface area contributed by atoms with Crippen molar-refractivity contribution < 1.29 is 9.90 Å². The predicted octanol–water partition coefficient (Wildman–Crippen LogP) is 2.81. The molecular formula is C19H27ClN2O2. The normalized spacial score (nSPS) is 25.2. The third-order valence-corrected chi connectivity index (χ3v) is 5.57. The lowest BCUT2D eigenvalue weighted by molar-refractivity contribution is 0.0465. The number of carbonyl (C=O) groups is 1. The summed E-state index contributed by atoms with van der Waals surface area (Å²) in [5.41, 5.74) is 1.61. The quantitative estimate of drug-likeness (QED) is 0.908. The SMILES string of the molecule is Cc1ccc(Cl)c(C(=O)N2C[C@H](CO)C[C@H](CN3CCCC3)C2)c1. The highest BCUT2D eigenvalue weighted by Crippen LogP contribution is 2.27. The van der Waals surface area contributed by atoms with Gasteiger partial charge in [0.25, 0.3) is 5.91 Å².